The first-order valence-corrected chi connectivity index (χ1v) is 11.4. The van der Waals surface area contributed by atoms with E-state index in [4.69, 9.17) is 4.74 Å². The Morgan fingerprint density at radius 3 is 2.25 bits per heavy atom. The highest BCUT2D eigenvalue weighted by atomic mass is 16.5. The molecule has 0 bridgehead atoms. The SMILES string of the molecule is CC(C)OCCN1C(=O)C(Nc2ccc(N3CCCCC3)cc2)=C(c2ccccc2)C1=O. The molecule has 2 aromatic rings. The van der Waals surface area contributed by atoms with E-state index in [0.717, 1.165) is 24.3 Å². The molecule has 6 nitrogen and oxygen atoms in total. The van der Waals surface area contributed by atoms with Gasteiger partial charge in [0.15, 0.2) is 0 Å². The van der Waals surface area contributed by atoms with Gasteiger partial charge in [0.05, 0.1) is 24.8 Å². The van der Waals surface area contributed by atoms with E-state index >= 15 is 0 Å². The Kier molecular flexibility index (Phi) is 6.90. The van der Waals surface area contributed by atoms with Crippen molar-refractivity contribution in [1.29, 1.82) is 0 Å². The van der Waals surface area contributed by atoms with Crippen LogP contribution < -0.4 is 10.2 Å². The van der Waals surface area contributed by atoms with Gasteiger partial charge in [-0.05, 0) is 62.9 Å². The van der Waals surface area contributed by atoms with Crippen LogP contribution in [0.2, 0.25) is 0 Å². The van der Waals surface area contributed by atoms with Crippen molar-refractivity contribution in [3.63, 3.8) is 0 Å². The molecule has 2 aliphatic rings. The largest absolute Gasteiger partial charge is 0.377 e. The molecule has 0 radical (unpaired) electrons. The van der Waals surface area contributed by atoms with Crippen LogP contribution >= 0.6 is 0 Å². The van der Waals surface area contributed by atoms with Gasteiger partial charge in [-0.1, -0.05) is 30.3 Å². The van der Waals surface area contributed by atoms with Crippen molar-refractivity contribution >= 4 is 28.8 Å². The quantitative estimate of drug-likeness (QED) is 0.629. The van der Waals surface area contributed by atoms with Gasteiger partial charge in [0.1, 0.15) is 5.70 Å². The van der Waals surface area contributed by atoms with Gasteiger partial charge < -0.3 is 15.0 Å². The fourth-order valence-corrected chi connectivity index (χ4v) is 4.20. The van der Waals surface area contributed by atoms with Gasteiger partial charge in [0.25, 0.3) is 11.8 Å². The Morgan fingerprint density at radius 1 is 0.906 bits per heavy atom. The molecule has 2 aromatic carbocycles. The van der Waals surface area contributed by atoms with Crippen molar-refractivity contribution in [2.24, 2.45) is 0 Å². The van der Waals surface area contributed by atoms with Gasteiger partial charge in [-0.25, -0.2) is 0 Å². The number of amides is 2. The highest BCUT2D eigenvalue weighted by Crippen LogP contribution is 2.31. The lowest BCUT2D eigenvalue weighted by Crippen LogP contribution is -2.35. The minimum atomic E-state index is -0.318. The summed E-state index contributed by atoms with van der Waals surface area (Å²) in [7, 11) is 0. The molecule has 0 aliphatic carbocycles. The number of rotatable bonds is 8. The molecule has 2 heterocycles. The lowest BCUT2D eigenvalue weighted by Gasteiger charge is -2.28. The summed E-state index contributed by atoms with van der Waals surface area (Å²) < 4.78 is 5.58. The van der Waals surface area contributed by atoms with Crippen LogP contribution in [0.5, 0.6) is 0 Å². The van der Waals surface area contributed by atoms with Crippen LogP contribution in [-0.4, -0.2) is 49.1 Å². The number of hydrogen-bond acceptors (Lipinski definition) is 5. The van der Waals surface area contributed by atoms with Crippen molar-refractivity contribution < 1.29 is 14.3 Å². The number of anilines is 2. The lowest BCUT2D eigenvalue weighted by atomic mass is 10.0. The first-order valence-electron chi connectivity index (χ1n) is 11.4. The van der Waals surface area contributed by atoms with Crippen molar-refractivity contribution in [2.75, 3.05) is 36.5 Å². The summed E-state index contributed by atoms with van der Waals surface area (Å²) >= 11 is 0. The molecule has 0 atom stereocenters. The van der Waals surface area contributed by atoms with Crippen LogP contribution in [0, 0.1) is 0 Å². The molecule has 2 aliphatic heterocycles. The maximum atomic E-state index is 13.2. The number of hydrogen-bond donors (Lipinski definition) is 1. The van der Waals surface area contributed by atoms with E-state index in [9.17, 15) is 9.59 Å². The van der Waals surface area contributed by atoms with E-state index in [1.165, 1.54) is 29.8 Å². The first kappa shape index (κ1) is 22.1. The van der Waals surface area contributed by atoms with Crippen molar-refractivity contribution in [2.45, 2.75) is 39.2 Å². The zero-order valence-electron chi connectivity index (χ0n) is 18.8. The summed E-state index contributed by atoms with van der Waals surface area (Å²) in [6.45, 7) is 6.57. The first-order chi connectivity index (χ1) is 15.5. The smallest absolute Gasteiger partial charge is 0.278 e. The average Bonchev–Trinajstić information content (AvgIpc) is 3.04. The molecule has 6 heteroatoms. The average molecular weight is 434 g/mol. The van der Waals surface area contributed by atoms with E-state index in [2.05, 4.69) is 22.3 Å². The minimum absolute atomic E-state index is 0.0420. The molecule has 168 valence electrons. The molecule has 0 aromatic heterocycles. The van der Waals surface area contributed by atoms with Crippen molar-refractivity contribution in [3.8, 4) is 0 Å². The zero-order chi connectivity index (χ0) is 22.5. The number of carbonyl (C=O) groups excluding carboxylic acids is 2. The lowest BCUT2D eigenvalue weighted by molar-refractivity contribution is -0.137. The van der Waals surface area contributed by atoms with E-state index < -0.39 is 0 Å². The van der Waals surface area contributed by atoms with Crippen LogP contribution in [0.25, 0.3) is 5.57 Å². The molecular formula is C26H31N3O3. The Hall–Kier alpha value is -3.12. The molecule has 32 heavy (non-hydrogen) atoms. The van der Waals surface area contributed by atoms with Gasteiger partial charge >= 0.3 is 0 Å². The predicted molar refractivity (Wildman–Crippen MR) is 127 cm³/mol. The number of carbonyl (C=O) groups is 2. The fraction of sp³-hybridized carbons (Fsp3) is 0.385. The Morgan fingerprint density at radius 2 is 1.59 bits per heavy atom. The van der Waals surface area contributed by atoms with E-state index in [0.29, 0.717) is 17.9 Å². The molecule has 1 fully saturated rings. The number of nitrogens with zero attached hydrogens (tertiary/aromatic N) is 2. The maximum Gasteiger partial charge on any atom is 0.278 e. The Labute approximate surface area is 189 Å². The van der Waals surface area contributed by atoms with E-state index in [1.807, 2.05) is 56.3 Å². The molecule has 1 N–H and O–H groups in total. The monoisotopic (exact) mass is 433 g/mol. The van der Waals surface area contributed by atoms with Crippen LogP contribution in [0.3, 0.4) is 0 Å². The highest BCUT2D eigenvalue weighted by Gasteiger charge is 2.39. The molecule has 0 unspecified atom stereocenters. The van der Waals surface area contributed by atoms with Crippen LogP contribution in [0.15, 0.2) is 60.3 Å². The molecule has 0 saturated carbocycles. The Balaban J connectivity index is 1.57. The fourth-order valence-electron chi connectivity index (χ4n) is 4.20. The van der Waals surface area contributed by atoms with Gasteiger partial charge in [-0.2, -0.15) is 0 Å². The number of ether oxygens (including phenoxy) is 1. The molecule has 2 amide bonds. The topological polar surface area (TPSA) is 61.9 Å². The van der Waals surface area contributed by atoms with E-state index in [1.54, 1.807) is 0 Å². The highest BCUT2D eigenvalue weighted by molar-refractivity contribution is 6.36. The van der Waals surface area contributed by atoms with Gasteiger partial charge in [-0.15, -0.1) is 0 Å². The summed E-state index contributed by atoms with van der Waals surface area (Å²) in [6, 6.07) is 17.4. The molecule has 1 saturated heterocycles. The second-order valence-corrected chi connectivity index (χ2v) is 8.52. The summed E-state index contributed by atoms with van der Waals surface area (Å²) in [4.78, 5) is 30.1. The van der Waals surface area contributed by atoms with Crippen molar-refractivity contribution in [3.05, 3.63) is 65.9 Å². The third-order valence-corrected chi connectivity index (χ3v) is 5.85. The van der Waals surface area contributed by atoms with Gasteiger partial charge in [0.2, 0.25) is 0 Å². The van der Waals surface area contributed by atoms with Crippen LogP contribution in [0.4, 0.5) is 11.4 Å². The zero-order valence-corrected chi connectivity index (χ0v) is 18.8. The Bertz CT molecular complexity index is 977. The van der Waals surface area contributed by atoms with Crippen LogP contribution in [-0.2, 0) is 14.3 Å². The summed E-state index contributed by atoms with van der Waals surface area (Å²) in [5.74, 6) is -0.609. The third kappa shape index (κ3) is 4.86. The van der Waals surface area contributed by atoms with Crippen LogP contribution in [0.1, 0.15) is 38.7 Å². The van der Waals surface area contributed by atoms with E-state index in [-0.39, 0.29) is 24.5 Å². The predicted octanol–water partition coefficient (Wildman–Crippen LogP) is 4.29. The maximum absolute atomic E-state index is 13.2. The normalized spacial score (nSPS) is 17.0. The minimum Gasteiger partial charge on any atom is -0.377 e. The number of benzene rings is 2. The number of imide groups is 1. The molecular weight excluding hydrogens is 402 g/mol. The number of nitrogens with one attached hydrogen (secondary N) is 1. The number of piperidine rings is 1. The second-order valence-electron chi connectivity index (χ2n) is 8.52. The summed E-state index contributed by atoms with van der Waals surface area (Å²) in [5, 5.41) is 3.24. The molecule has 0 spiro atoms. The van der Waals surface area contributed by atoms with Gasteiger partial charge in [0, 0.05) is 24.5 Å². The summed E-state index contributed by atoms with van der Waals surface area (Å²) in [6.07, 6.45) is 3.78. The standard InChI is InChI=1S/C26H31N3O3/c1-19(2)32-18-17-29-25(30)23(20-9-5-3-6-10-20)24(26(29)31)27-21-11-13-22(14-12-21)28-15-7-4-8-16-28/h3,5-6,9-14,19,27H,4,7-8,15-18H2,1-2H3. The molecule has 4 rings (SSSR count). The second kappa shape index (κ2) is 10.0. The summed E-state index contributed by atoms with van der Waals surface area (Å²) in [5.41, 5.74) is 3.42. The van der Waals surface area contributed by atoms with Crippen molar-refractivity contribution in [1.82, 2.24) is 4.90 Å². The van der Waals surface area contributed by atoms with Gasteiger partial charge in [-0.3, -0.25) is 14.5 Å². The third-order valence-electron chi connectivity index (χ3n) is 5.85.